The van der Waals surface area contributed by atoms with E-state index < -0.39 is 32.8 Å². The molecule has 0 radical (unpaired) electrons. The van der Waals surface area contributed by atoms with Crippen LogP contribution in [0, 0.1) is 0 Å². The number of hydrogen-bond donors (Lipinski definition) is 1. The summed E-state index contributed by atoms with van der Waals surface area (Å²) in [7, 11) is -6.02. The molecule has 0 aromatic heterocycles. The minimum atomic E-state index is -6.02. The van der Waals surface area contributed by atoms with Crippen LogP contribution >= 0.6 is 0 Å². The summed E-state index contributed by atoms with van der Waals surface area (Å²) in [6.45, 7) is 0. The lowest BCUT2D eigenvalue weighted by Crippen LogP contribution is -2.28. The number of halogens is 3. The second-order valence-electron chi connectivity index (χ2n) is 6.63. The molecule has 0 saturated heterocycles. The highest BCUT2D eigenvalue weighted by Gasteiger charge is 2.49. The van der Waals surface area contributed by atoms with E-state index in [2.05, 4.69) is 4.18 Å². The molecule has 1 aliphatic heterocycles. The minimum Gasteiger partial charge on any atom is -0.478 e. The summed E-state index contributed by atoms with van der Waals surface area (Å²) >= 11 is 0. The average Bonchev–Trinajstić information content (AvgIpc) is 2.72. The van der Waals surface area contributed by atoms with Crippen molar-refractivity contribution in [2.45, 2.75) is 5.51 Å². The normalized spacial score (nSPS) is 12.2. The lowest BCUT2D eigenvalue weighted by atomic mass is 9.98. The molecule has 2 aliphatic rings. The number of carboxylic acids is 1. The first-order valence-corrected chi connectivity index (χ1v) is 10.2. The number of carbonyl (C=O) groups is 1. The van der Waals surface area contributed by atoms with Crippen LogP contribution in [0.25, 0.3) is 33.4 Å². The van der Waals surface area contributed by atoms with Gasteiger partial charge in [0.15, 0.2) is 11.2 Å². The van der Waals surface area contributed by atoms with Gasteiger partial charge in [-0.1, -0.05) is 24.3 Å². The number of alkyl halides is 3. The van der Waals surface area contributed by atoms with Crippen LogP contribution in [0.15, 0.2) is 69.9 Å². The van der Waals surface area contributed by atoms with E-state index in [1.807, 2.05) is 0 Å². The van der Waals surface area contributed by atoms with E-state index in [9.17, 15) is 36.3 Å². The Balaban J connectivity index is 2.01. The zero-order valence-corrected chi connectivity index (χ0v) is 16.5. The van der Waals surface area contributed by atoms with Gasteiger partial charge in [-0.15, -0.1) is 0 Å². The van der Waals surface area contributed by atoms with Crippen molar-refractivity contribution in [3.8, 4) is 28.2 Å². The maximum atomic E-state index is 12.9. The fourth-order valence-electron chi connectivity index (χ4n) is 3.17. The van der Waals surface area contributed by atoms with Crippen molar-refractivity contribution < 1.29 is 40.1 Å². The predicted molar refractivity (Wildman–Crippen MR) is 107 cm³/mol. The number of fused-ring (bicyclic) bond motifs is 2. The Kier molecular flexibility index (Phi) is 4.93. The first kappa shape index (κ1) is 21.4. The van der Waals surface area contributed by atoms with E-state index in [-0.39, 0.29) is 27.9 Å². The van der Waals surface area contributed by atoms with Crippen molar-refractivity contribution in [3.05, 3.63) is 76.5 Å². The molecular formula is C21H11F3O7S. The largest absolute Gasteiger partial charge is 0.534 e. The SMILES string of the molecule is O=C(O)c1ccccc1-c1ccc2c(OS(=O)(=O)C(F)(F)F)c3ccc(=O)cc-3oc2c1. The zero-order valence-electron chi connectivity index (χ0n) is 15.7. The number of aromatic carboxylic acids is 1. The van der Waals surface area contributed by atoms with Gasteiger partial charge in [0.25, 0.3) is 0 Å². The molecule has 0 saturated carbocycles. The van der Waals surface area contributed by atoms with Gasteiger partial charge in [-0.25, -0.2) is 4.79 Å². The highest BCUT2D eigenvalue weighted by Crippen LogP contribution is 2.42. The Morgan fingerprint density at radius 3 is 2.38 bits per heavy atom. The van der Waals surface area contributed by atoms with Gasteiger partial charge in [0.2, 0.25) is 0 Å². The van der Waals surface area contributed by atoms with Crippen LogP contribution in [0.1, 0.15) is 10.4 Å². The Morgan fingerprint density at radius 2 is 1.69 bits per heavy atom. The monoisotopic (exact) mass is 464 g/mol. The quantitative estimate of drug-likeness (QED) is 0.269. The molecule has 32 heavy (non-hydrogen) atoms. The van der Waals surface area contributed by atoms with Crippen molar-refractivity contribution in [2.75, 3.05) is 0 Å². The summed E-state index contributed by atoms with van der Waals surface area (Å²) in [6.07, 6.45) is 0. The molecule has 0 atom stereocenters. The summed E-state index contributed by atoms with van der Waals surface area (Å²) in [5.41, 5.74) is -5.90. The van der Waals surface area contributed by atoms with Crippen molar-refractivity contribution in [3.63, 3.8) is 0 Å². The van der Waals surface area contributed by atoms with Crippen LogP contribution in [-0.4, -0.2) is 25.0 Å². The van der Waals surface area contributed by atoms with Gasteiger partial charge in [0.1, 0.15) is 11.3 Å². The first-order chi connectivity index (χ1) is 15.0. The number of hydrogen-bond acceptors (Lipinski definition) is 6. The third-order valence-electron chi connectivity index (χ3n) is 4.59. The molecule has 164 valence electrons. The molecule has 1 N–H and O–H groups in total. The van der Waals surface area contributed by atoms with E-state index in [0.717, 1.165) is 18.2 Å². The molecule has 2 aromatic rings. The lowest BCUT2D eigenvalue weighted by molar-refractivity contribution is -0.0499. The molecule has 0 amide bonds. The number of benzene rings is 3. The van der Waals surface area contributed by atoms with Crippen LogP contribution in [0.5, 0.6) is 5.75 Å². The van der Waals surface area contributed by atoms with Gasteiger partial charge in [0, 0.05) is 6.07 Å². The van der Waals surface area contributed by atoms with Crippen LogP contribution < -0.4 is 9.61 Å². The van der Waals surface area contributed by atoms with Crippen molar-refractivity contribution >= 4 is 27.1 Å². The van der Waals surface area contributed by atoms with Crippen molar-refractivity contribution in [1.82, 2.24) is 0 Å². The van der Waals surface area contributed by atoms with Gasteiger partial charge in [-0.05, 0) is 41.5 Å². The highest BCUT2D eigenvalue weighted by atomic mass is 32.2. The first-order valence-electron chi connectivity index (χ1n) is 8.82. The second kappa shape index (κ2) is 7.38. The summed E-state index contributed by atoms with van der Waals surface area (Å²) in [6, 6.07) is 13.1. The predicted octanol–water partition coefficient (Wildman–Crippen LogP) is 4.49. The highest BCUT2D eigenvalue weighted by molar-refractivity contribution is 7.88. The third kappa shape index (κ3) is 3.66. The number of carboxylic acid groups (broad SMARTS) is 1. The van der Waals surface area contributed by atoms with Crippen LogP contribution in [0.3, 0.4) is 0 Å². The van der Waals surface area contributed by atoms with E-state index in [1.165, 1.54) is 36.4 Å². The summed E-state index contributed by atoms with van der Waals surface area (Å²) in [5, 5.41) is 9.28. The molecule has 0 fully saturated rings. The maximum Gasteiger partial charge on any atom is 0.534 e. The molecule has 7 nitrogen and oxygen atoms in total. The smallest absolute Gasteiger partial charge is 0.478 e. The van der Waals surface area contributed by atoms with E-state index in [0.29, 0.717) is 11.1 Å². The van der Waals surface area contributed by atoms with Gasteiger partial charge in [-0.2, -0.15) is 21.6 Å². The Bertz CT molecular complexity index is 1500. The van der Waals surface area contributed by atoms with Crippen LogP contribution in [-0.2, 0) is 10.1 Å². The van der Waals surface area contributed by atoms with E-state index in [1.54, 1.807) is 6.07 Å². The maximum absolute atomic E-state index is 12.9. The Labute approximate surface area is 177 Å². The number of rotatable bonds is 4. The summed E-state index contributed by atoms with van der Waals surface area (Å²) in [5.74, 6) is -2.08. The minimum absolute atomic E-state index is 0.0365. The fourth-order valence-corrected chi connectivity index (χ4v) is 3.66. The van der Waals surface area contributed by atoms with E-state index in [4.69, 9.17) is 4.42 Å². The van der Waals surface area contributed by atoms with Crippen molar-refractivity contribution in [1.29, 1.82) is 0 Å². The molecule has 4 rings (SSSR count). The molecule has 11 heteroatoms. The Hall–Kier alpha value is -3.86. The van der Waals surface area contributed by atoms with Crippen LogP contribution in [0.2, 0.25) is 0 Å². The van der Waals surface area contributed by atoms with Crippen LogP contribution in [0.4, 0.5) is 13.2 Å². The molecule has 2 aromatic carbocycles. The van der Waals surface area contributed by atoms with Gasteiger partial charge in [0.05, 0.1) is 16.5 Å². The molecule has 1 aliphatic carbocycles. The summed E-state index contributed by atoms with van der Waals surface area (Å²) < 4.78 is 72.3. The Morgan fingerprint density at radius 1 is 0.969 bits per heavy atom. The van der Waals surface area contributed by atoms with Crippen molar-refractivity contribution in [2.24, 2.45) is 0 Å². The van der Waals surface area contributed by atoms with Gasteiger partial charge >= 0.3 is 21.6 Å². The fraction of sp³-hybridized carbons (Fsp3) is 0.0476. The summed E-state index contributed by atoms with van der Waals surface area (Å²) in [4.78, 5) is 23.2. The standard InChI is InChI=1S/C21H11F3O7S/c22-21(23,24)32(28,29)31-19-15-7-5-11(13-3-1-2-4-14(13)20(26)27)9-17(15)30-18-10-12(25)6-8-16(18)19/h1-10H,(H,26,27). The second-order valence-corrected chi connectivity index (χ2v) is 8.17. The lowest BCUT2D eigenvalue weighted by Gasteiger charge is -2.16. The molecular weight excluding hydrogens is 453 g/mol. The topological polar surface area (TPSA) is 111 Å². The third-order valence-corrected chi connectivity index (χ3v) is 5.54. The van der Waals surface area contributed by atoms with Gasteiger partial charge in [-0.3, -0.25) is 4.79 Å². The molecule has 0 spiro atoms. The molecule has 0 bridgehead atoms. The van der Waals surface area contributed by atoms with E-state index >= 15 is 0 Å². The molecule has 0 unspecified atom stereocenters. The average molecular weight is 464 g/mol. The zero-order chi connectivity index (χ0) is 23.3. The molecule has 1 heterocycles. The van der Waals surface area contributed by atoms with Gasteiger partial charge < -0.3 is 13.7 Å².